The summed E-state index contributed by atoms with van der Waals surface area (Å²) in [5.74, 6) is 0.129. The Hall–Kier alpha value is -2.26. The minimum atomic E-state index is 0.0647. The first-order chi connectivity index (χ1) is 9.22. The molecule has 0 saturated heterocycles. The van der Waals surface area contributed by atoms with Gasteiger partial charge in [-0.2, -0.15) is 0 Å². The summed E-state index contributed by atoms with van der Waals surface area (Å²) in [5, 5.41) is 22.2. The summed E-state index contributed by atoms with van der Waals surface area (Å²) in [6.07, 6.45) is 3.88. The van der Waals surface area contributed by atoms with Crippen molar-refractivity contribution in [3.8, 4) is 11.5 Å². The maximum atomic E-state index is 9.43. The molecule has 1 aromatic heterocycles. The summed E-state index contributed by atoms with van der Waals surface area (Å²) in [4.78, 5) is 0. The van der Waals surface area contributed by atoms with Crippen molar-refractivity contribution in [1.29, 1.82) is 0 Å². The molecule has 0 fully saturated rings. The smallest absolute Gasteiger partial charge is 0.119 e. The van der Waals surface area contributed by atoms with Crippen molar-refractivity contribution < 1.29 is 10.2 Å². The van der Waals surface area contributed by atoms with Crippen molar-refractivity contribution in [3.05, 3.63) is 59.0 Å². The van der Waals surface area contributed by atoms with E-state index in [0.29, 0.717) is 0 Å². The van der Waals surface area contributed by atoms with Crippen LogP contribution in [0.3, 0.4) is 0 Å². The fourth-order valence-corrected chi connectivity index (χ4v) is 2.96. The van der Waals surface area contributed by atoms with Crippen LogP contribution >= 0.6 is 11.3 Å². The molecule has 1 heterocycles. The van der Waals surface area contributed by atoms with Gasteiger partial charge in [0, 0.05) is 10.8 Å². The number of hydrogen-bond donors (Lipinski definition) is 2. The quantitative estimate of drug-likeness (QED) is 0.719. The van der Waals surface area contributed by atoms with Gasteiger partial charge in [0.2, 0.25) is 0 Å². The Morgan fingerprint density at radius 3 is 2.42 bits per heavy atom. The van der Waals surface area contributed by atoms with Crippen LogP contribution in [0.4, 0.5) is 0 Å². The molecule has 0 unspecified atom stereocenters. The summed E-state index contributed by atoms with van der Waals surface area (Å²) in [6, 6.07) is 12.8. The van der Waals surface area contributed by atoms with Crippen molar-refractivity contribution in [2.45, 2.75) is 0 Å². The Bertz CT molecular complexity index is 736. The lowest BCUT2D eigenvalue weighted by Crippen LogP contribution is -1.73. The number of hydrogen-bond acceptors (Lipinski definition) is 3. The third-order valence-corrected chi connectivity index (χ3v) is 3.87. The Labute approximate surface area is 114 Å². The number of phenolic OH excluding ortho intramolecular Hbond substituents is 2. The van der Waals surface area contributed by atoms with E-state index in [-0.39, 0.29) is 11.5 Å². The zero-order valence-electron chi connectivity index (χ0n) is 10.1. The molecule has 3 aromatic rings. The molecule has 0 aliphatic carbocycles. The molecular weight excluding hydrogens is 256 g/mol. The Kier molecular flexibility index (Phi) is 2.97. The zero-order chi connectivity index (χ0) is 13.2. The van der Waals surface area contributed by atoms with Gasteiger partial charge in [0.05, 0.1) is 0 Å². The highest BCUT2D eigenvalue weighted by Gasteiger charge is 2.00. The molecule has 0 saturated carbocycles. The van der Waals surface area contributed by atoms with Gasteiger partial charge < -0.3 is 10.2 Å². The highest BCUT2D eigenvalue weighted by Crippen LogP contribution is 2.28. The maximum Gasteiger partial charge on any atom is 0.119 e. The van der Waals surface area contributed by atoms with E-state index in [4.69, 9.17) is 0 Å². The molecule has 0 aliphatic heterocycles. The topological polar surface area (TPSA) is 40.5 Å². The van der Waals surface area contributed by atoms with Gasteiger partial charge in [-0.15, -0.1) is 11.3 Å². The highest BCUT2D eigenvalue weighted by molar-refractivity contribution is 7.17. The van der Waals surface area contributed by atoms with E-state index < -0.39 is 0 Å². The first-order valence-corrected chi connectivity index (χ1v) is 6.78. The standard InChI is InChI=1S/C16H12O2S/c17-13-7-11(8-14(18)9-13)5-6-12-10-19-16-4-2-1-3-15(12)16/h1-10,17-18H. The molecule has 2 nitrogen and oxygen atoms in total. The van der Waals surface area contributed by atoms with Crippen molar-refractivity contribution in [2.24, 2.45) is 0 Å². The minimum Gasteiger partial charge on any atom is -0.508 e. The van der Waals surface area contributed by atoms with Crippen LogP contribution in [0.25, 0.3) is 22.2 Å². The molecular formula is C16H12O2S. The van der Waals surface area contributed by atoms with E-state index in [1.165, 1.54) is 16.2 Å². The van der Waals surface area contributed by atoms with Crippen LogP contribution in [0.5, 0.6) is 11.5 Å². The van der Waals surface area contributed by atoms with Crippen LogP contribution < -0.4 is 0 Å². The van der Waals surface area contributed by atoms with E-state index in [0.717, 1.165) is 11.1 Å². The second-order valence-electron chi connectivity index (χ2n) is 4.30. The van der Waals surface area contributed by atoms with E-state index in [2.05, 4.69) is 17.5 Å². The fourth-order valence-electron chi connectivity index (χ4n) is 2.03. The summed E-state index contributed by atoms with van der Waals surface area (Å²) in [5.41, 5.74) is 1.91. The molecule has 0 spiro atoms. The number of benzene rings is 2. The van der Waals surface area contributed by atoms with Crippen molar-refractivity contribution in [1.82, 2.24) is 0 Å². The van der Waals surface area contributed by atoms with Gasteiger partial charge in [0.25, 0.3) is 0 Å². The first-order valence-electron chi connectivity index (χ1n) is 5.90. The highest BCUT2D eigenvalue weighted by atomic mass is 32.1. The molecule has 19 heavy (non-hydrogen) atoms. The Balaban J connectivity index is 1.98. The molecule has 2 N–H and O–H groups in total. The minimum absolute atomic E-state index is 0.0647. The van der Waals surface area contributed by atoms with Gasteiger partial charge in [0.1, 0.15) is 11.5 Å². The average Bonchev–Trinajstić information content (AvgIpc) is 2.78. The molecule has 2 aromatic carbocycles. The van der Waals surface area contributed by atoms with Crippen LogP contribution in [0, 0.1) is 0 Å². The Morgan fingerprint density at radius 2 is 1.63 bits per heavy atom. The van der Waals surface area contributed by atoms with Crippen molar-refractivity contribution in [2.75, 3.05) is 0 Å². The second-order valence-corrected chi connectivity index (χ2v) is 5.21. The first kappa shape index (κ1) is 11.8. The number of thiophene rings is 1. The SMILES string of the molecule is Oc1cc(O)cc(C=Cc2csc3ccccc23)c1. The van der Waals surface area contributed by atoms with Gasteiger partial charge >= 0.3 is 0 Å². The van der Waals surface area contributed by atoms with Crippen LogP contribution in [-0.2, 0) is 0 Å². The van der Waals surface area contributed by atoms with Crippen LogP contribution in [0.2, 0.25) is 0 Å². The van der Waals surface area contributed by atoms with Gasteiger partial charge in [-0.3, -0.25) is 0 Å². The summed E-state index contributed by atoms with van der Waals surface area (Å²) in [7, 11) is 0. The lowest BCUT2D eigenvalue weighted by molar-refractivity contribution is 0.450. The molecule has 3 heteroatoms. The predicted molar refractivity (Wildman–Crippen MR) is 80.5 cm³/mol. The molecule has 0 radical (unpaired) electrons. The number of rotatable bonds is 2. The van der Waals surface area contributed by atoms with E-state index in [1.807, 2.05) is 24.3 Å². The predicted octanol–water partition coefficient (Wildman–Crippen LogP) is 4.48. The van der Waals surface area contributed by atoms with Gasteiger partial charge in [-0.1, -0.05) is 30.4 Å². The largest absolute Gasteiger partial charge is 0.508 e. The molecule has 0 atom stereocenters. The lowest BCUT2D eigenvalue weighted by Gasteiger charge is -1.98. The fraction of sp³-hybridized carbons (Fsp3) is 0. The summed E-state index contributed by atoms with van der Waals surface area (Å²) >= 11 is 1.71. The lowest BCUT2D eigenvalue weighted by atomic mass is 10.1. The van der Waals surface area contributed by atoms with E-state index in [1.54, 1.807) is 23.5 Å². The average molecular weight is 268 g/mol. The molecule has 0 aliphatic rings. The van der Waals surface area contributed by atoms with Crippen molar-refractivity contribution >= 4 is 33.6 Å². The monoisotopic (exact) mass is 268 g/mol. The normalized spacial score (nSPS) is 11.4. The number of phenols is 2. The molecule has 94 valence electrons. The van der Waals surface area contributed by atoms with E-state index in [9.17, 15) is 10.2 Å². The number of aromatic hydroxyl groups is 2. The zero-order valence-corrected chi connectivity index (χ0v) is 10.9. The molecule has 0 bridgehead atoms. The summed E-state index contributed by atoms with van der Waals surface area (Å²) in [6.45, 7) is 0. The Morgan fingerprint density at radius 1 is 0.895 bits per heavy atom. The third kappa shape index (κ3) is 2.46. The maximum absolute atomic E-state index is 9.43. The molecule has 0 amide bonds. The van der Waals surface area contributed by atoms with E-state index >= 15 is 0 Å². The van der Waals surface area contributed by atoms with Crippen LogP contribution in [0.15, 0.2) is 47.8 Å². The van der Waals surface area contributed by atoms with Gasteiger partial charge in [0.15, 0.2) is 0 Å². The second kappa shape index (κ2) is 4.78. The van der Waals surface area contributed by atoms with Gasteiger partial charge in [-0.05, 0) is 40.1 Å². The third-order valence-electron chi connectivity index (χ3n) is 2.89. The summed E-state index contributed by atoms with van der Waals surface area (Å²) < 4.78 is 1.25. The number of fused-ring (bicyclic) bond motifs is 1. The van der Waals surface area contributed by atoms with Crippen LogP contribution in [-0.4, -0.2) is 10.2 Å². The van der Waals surface area contributed by atoms with Gasteiger partial charge in [-0.25, -0.2) is 0 Å². The van der Waals surface area contributed by atoms with Crippen LogP contribution in [0.1, 0.15) is 11.1 Å². The van der Waals surface area contributed by atoms with Crippen molar-refractivity contribution in [3.63, 3.8) is 0 Å². The molecule has 3 rings (SSSR count).